The molecule has 0 unspecified atom stereocenters. The van der Waals surface area contributed by atoms with Crippen LogP contribution in [0.3, 0.4) is 0 Å². The van der Waals surface area contributed by atoms with Gasteiger partial charge in [-0.1, -0.05) is 30.3 Å². The van der Waals surface area contributed by atoms with Gasteiger partial charge in [-0.25, -0.2) is 8.42 Å². The Bertz CT molecular complexity index is 1470. The fraction of sp³-hybridized carbons (Fsp3) is 0.0800. The van der Waals surface area contributed by atoms with Gasteiger partial charge in [0, 0.05) is 42.5 Å². The van der Waals surface area contributed by atoms with Crippen LogP contribution in [0.2, 0.25) is 0 Å². The monoisotopic (exact) mass is 441 g/mol. The van der Waals surface area contributed by atoms with E-state index in [-0.39, 0.29) is 15.7 Å². The summed E-state index contributed by atoms with van der Waals surface area (Å²) in [5, 5.41) is 3.67. The predicted octanol–water partition coefficient (Wildman–Crippen LogP) is 3.72. The van der Waals surface area contributed by atoms with Crippen LogP contribution >= 0.6 is 0 Å². The van der Waals surface area contributed by atoms with Gasteiger partial charge in [-0.15, -0.1) is 0 Å². The lowest BCUT2D eigenvalue weighted by atomic mass is 10.1. The number of carbonyl (C=O) groups excluding carboxylic acids is 1. The summed E-state index contributed by atoms with van der Waals surface area (Å²) in [7, 11) is -3.72. The summed E-state index contributed by atoms with van der Waals surface area (Å²) < 4.78 is 26.4. The van der Waals surface area contributed by atoms with Crippen molar-refractivity contribution in [3.8, 4) is 0 Å². The highest BCUT2D eigenvalue weighted by Gasteiger charge is 2.21. The van der Waals surface area contributed by atoms with Gasteiger partial charge in [0.2, 0.25) is 15.7 Å². The Morgan fingerprint density at radius 3 is 2.59 bits per heavy atom. The lowest BCUT2D eigenvalue weighted by Gasteiger charge is -2.09. The molecule has 0 atom stereocenters. The quantitative estimate of drug-likeness (QED) is 0.510. The minimum atomic E-state index is -3.72. The van der Waals surface area contributed by atoms with E-state index in [0.29, 0.717) is 24.1 Å². The average molecular weight is 442 g/mol. The first-order chi connectivity index (χ1) is 15.5. The molecule has 2 aromatic heterocycles. The van der Waals surface area contributed by atoms with Crippen LogP contribution in [0.4, 0.5) is 0 Å². The molecular formula is C25H19N3O3S. The fourth-order valence-corrected chi connectivity index (χ4v) is 5.25. The van der Waals surface area contributed by atoms with Crippen LogP contribution in [0.25, 0.3) is 17.0 Å². The van der Waals surface area contributed by atoms with Crippen molar-refractivity contribution in [2.45, 2.75) is 22.8 Å². The SMILES string of the molecule is O=C(NCc1ccc(S(=O)(=O)c2cccc3cccnc23)cc1)C1=Cc2ccncc2C1. The number of para-hydroxylation sites is 1. The van der Waals surface area contributed by atoms with Crippen molar-refractivity contribution in [2.75, 3.05) is 0 Å². The number of pyridine rings is 2. The second-order valence-electron chi connectivity index (χ2n) is 7.58. The number of nitrogens with zero attached hydrogens (tertiary/aromatic N) is 2. The molecule has 5 rings (SSSR count). The van der Waals surface area contributed by atoms with Crippen molar-refractivity contribution in [2.24, 2.45) is 0 Å². The minimum Gasteiger partial charge on any atom is -0.348 e. The number of fused-ring (bicyclic) bond motifs is 2. The van der Waals surface area contributed by atoms with Crippen molar-refractivity contribution in [1.29, 1.82) is 0 Å². The summed E-state index contributed by atoms with van der Waals surface area (Å²) in [5.74, 6) is -0.139. The number of amides is 1. The molecule has 1 amide bonds. The molecule has 0 fully saturated rings. The van der Waals surface area contributed by atoms with E-state index in [1.165, 1.54) is 0 Å². The summed E-state index contributed by atoms with van der Waals surface area (Å²) in [6.45, 7) is 0.306. The maximum Gasteiger partial charge on any atom is 0.247 e. The van der Waals surface area contributed by atoms with Crippen LogP contribution in [0, 0.1) is 0 Å². The minimum absolute atomic E-state index is 0.139. The van der Waals surface area contributed by atoms with Gasteiger partial charge in [-0.2, -0.15) is 0 Å². The van der Waals surface area contributed by atoms with Gasteiger partial charge in [0.05, 0.1) is 15.3 Å². The van der Waals surface area contributed by atoms with Crippen molar-refractivity contribution in [1.82, 2.24) is 15.3 Å². The maximum atomic E-state index is 13.2. The first kappa shape index (κ1) is 20.1. The number of hydrogen-bond donors (Lipinski definition) is 1. The molecule has 0 saturated heterocycles. The molecule has 0 aliphatic heterocycles. The Balaban J connectivity index is 1.31. The molecule has 0 spiro atoms. The van der Waals surface area contributed by atoms with E-state index >= 15 is 0 Å². The molecule has 2 aromatic carbocycles. The van der Waals surface area contributed by atoms with Crippen LogP contribution < -0.4 is 5.32 Å². The van der Waals surface area contributed by atoms with Gasteiger partial charge in [0.15, 0.2) is 0 Å². The van der Waals surface area contributed by atoms with E-state index < -0.39 is 9.84 Å². The zero-order chi connectivity index (χ0) is 22.1. The lowest BCUT2D eigenvalue weighted by molar-refractivity contribution is -0.117. The number of hydrogen-bond acceptors (Lipinski definition) is 5. The normalized spacial score (nSPS) is 12.9. The molecule has 0 radical (unpaired) electrons. The fourth-order valence-electron chi connectivity index (χ4n) is 3.82. The molecule has 6 nitrogen and oxygen atoms in total. The number of carbonyl (C=O) groups is 1. The Morgan fingerprint density at radius 2 is 1.78 bits per heavy atom. The highest BCUT2D eigenvalue weighted by Crippen LogP contribution is 2.27. The highest BCUT2D eigenvalue weighted by molar-refractivity contribution is 7.91. The van der Waals surface area contributed by atoms with Crippen molar-refractivity contribution in [3.05, 3.63) is 102 Å². The molecule has 0 bridgehead atoms. The molecule has 158 valence electrons. The van der Waals surface area contributed by atoms with E-state index in [4.69, 9.17) is 0 Å². The molecular weight excluding hydrogens is 422 g/mol. The summed E-state index contributed by atoms with van der Waals surface area (Å²) in [6, 6.07) is 17.2. The van der Waals surface area contributed by atoms with Crippen molar-refractivity contribution < 1.29 is 13.2 Å². The molecule has 1 N–H and O–H groups in total. The summed E-state index contributed by atoms with van der Waals surface area (Å²) in [4.78, 5) is 21.2. The summed E-state index contributed by atoms with van der Waals surface area (Å²) >= 11 is 0. The van der Waals surface area contributed by atoms with Gasteiger partial charge >= 0.3 is 0 Å². The molecule has 1 aliphatic rings. The van der Waals surface area contributed by atoms with Gasteiger partial charge in [0.1, 0.15) is 0 Å². The standard InChI is InChI=1S/C25H19N3O3S/c29-25(20-13-19-10-12-26-16-21(19)14-20)28-15-17-6-8-22(9-7-17)32(30,31)23-5-1-3-18-4-2-11-27-24(18)23/h1-13,16H,14-15H2,(H,28,29). The van der Waals surface area contributed by atoms with E-state index in [1.54, 1.807) is 61.1 Å². The van der Waals surface area contributed by atoms with Crippen molar-refractivity contribution >= 4 is 32.7 Å². The molecule has 7 heteroatoms. The van der Waals surface area contributed by atoms with Gasteiger partial charge < -0.3 is 5.32 Å². The zero-order valence-corrected chi connectivity index (χ0v) is 17.8. The lowest BCUT2D eigenvalue weighted by Crippen LogP contribution is -2.24. The molecule has 1 aliphatic carbocycles. The average Bonchev–Trinajstić information content (AvgIpc) is 3.27. The van der Waals surface area contributed by atoms with Crippen LogP contribution in [0.5, 0.6) is 0 Å². The smallest absolute Gasteiger partial charge is 0.247 e. The van der Waals surface area contributed by atoms with Gasteiger partial charge in [-0.3, -0.25) is 14.8 Å². The van der Waals surface area contributed by atoms with Crippen LogP contribution in [0.15, 0.2) is 94.6 Å². The predicted molar refractivity (Wildman–Crippen MR) is 121 cm³/mol. The second-order valence-corrected chi connectivity index (χ2v) is 9.50. The topological polar surface area (TPSA) is 89.0 Å². The number of benzene rings is 2. The Kier molecular flexibility index (Phi) is 5.03. The van der Waals surface area contributed by atoms with Gasteiger partial charge in [-0.05, 0) is 53.1 Å². The van der Waals surface area contributed by atoms with E-state index in [1.807, 2.05) is 24.3 Å². The van der Waals surface area contributed by atoms with Crippen LogP contribution in [-0.2, 0) is 27.6 Å². The Morgan fingerprint density at radius 1 is 0.969 bits per heavy atom. The molecule has 4 aromatic rings. The molecule has 2 heterocycles. The maximum absolute atomic E-state index is 13.2. The van der Waals surface area contributed by atoms with Crippen molar-refractivity contribution in [3.63, 3.8) is 0 Å². The third-order valence-corrected chi connectivity index (χ3v) is 7.32. The Labute approximate surface area is 185 Å². The number of rotatable bonds is 5. The van der Waals surface area contributed by atoms with E-state index in [9.17, 15) is 13.2 Å². The second kappa shape index (κ2) is 8.01. The number of nitrogens with one attached hydrogen (secondary N) is 1. The largest absolute Gasteiger partial charge is 0.348 e. The first-order valence-electron chi connectivity index (χ1n) is 10.1. The molecule has 0 saturated carbocycles. The van der Waals surface area contributed by atoms with Crippen LogP contribution in [0.1, 0.15) is 16.7 Å². The van der Waals surface area contributed by atoms with E-state index in [2.05, 4.69) is 15.3 Å². The summed E-state index contributed by atoms with van der Waals surface area (Å²) in [5.41, 5.74) is 4.01. The number of sulfone groups is 1. The van der Waals surface area contributed by atoms with Gasteiger partial charge in [0.25, 0.3) is 0 Å². The van der Waals surface area contributed by atoms with Crippen LogP contribution in [-0.4, -0.2) is 24.3 Å². The van der Waals surface area contributed by atoms with E-state index in [0.717, 1.165) is 22.1 Å². The third-order valence-electron chi connectivity index (χ3n) is 5.52. The third kappa shape index (κ3) is 3.67. The zero-order valence-electron chi connectivity index (χ0n) is 17.0. The first-order valence-corrected chi connectivity index (χ1v) is 11.6. The molecule has 32 heavy (non-hydrogen) atoms. The number of aromatic nitrogens is 2. The summed E-state index contributed by atoms with van der Waals surface area (Å²) in [6.07, 6.45) is 7.50. The highest BCUT2D eigenvalue weighted by atomic mass is 32.2. The Hall–Kier alpha value is -3.84.